The molecule has 2 aromatic carbocycles. The van der Waals surface area contributed by atoms with Crippen LogP contribution >= 0.6 is 11.8 Å². The summed E-state index contributed by atoms with van der Waals surface area (Å²) in [7, 11) is 0. The van der Waals surface area contributed by atoms with Crippen LogP contribution in [-0.4, -0.2) is 23.3 Å². The molecule has 3 nitrogen and oxygen atoms in total. The first kappa shape index (κ1) is 16.5. The number of carbonyl (C=O) groups is 2. The zero-order valence-corrected chi connectivity index (χ0v) is 14.6. The highest BCUT2D eigenvalue weighted by molar-refractivity contribution is 8.03. The molecular weight excluding hydrogens is 318 g/mol. The van der Waals surface area contributed by atoms with Crippen molar-refractivity contribution in [2.24, 2.45) is 0 Å². The van der Waals surface area contributed by atoms with E-state index in [-0.39, 0.29) is 11.8 Å². The molecule has 0 unspecified atom stereocenters. The zero-order chi connectivity index (χ0) is 17.1. The lowest BCUT2D eigenvalue weighted by Crippen LogP contribution is -2.31. The lowest BCUT2D eigenvalue weighted by molar-refractivity contribution is -0.136. The molecule has 0 saturated heterocycles. The van der Waals surface area contributed by atoms with E-state index >= 15 is 0 Å². The molecule has 0 aliphatic carbocycles. The van der Waals surface area contributed by atoms with Crippen LogP contribution in [0.2, 0.25) is 0 Å². The molecule has 0 aromatic heterocycles. The van der Waals surface area contributed by atoms with Crippen molar-refractivity contribution in [1.82, 2.24) is 4.90 Å². The van der Waals surface area contributed by atoms with Crippen molar-refractivity contribution >= 4 is 29.1 Å². The van der Waals surface area contributed by atoms with Gasteiger partial charge in [0.2, 0.25) is 0 Å². The Bertz CT molecular complexity index is 794. The Kier molecular flexibility index (Phi) is 4.86. The van der Waals surface area contributed by atoms with Crippen LogP contribution in [0.3, 0.4) is 0 Å². The number of hydrogen-bond donors (Lipinski definition) is 0. The topological polar surface area (TPSA) is 37.4 Å². The van der Waals surface area contributed by atoms with E-state index in [1.807, 2.05) is 68.4 Å². The molecule has 0 saturated carbocycles. The minimum Gasteiger partial charge on any atom is -0.274 e. The first-order valence-electron chi connectivity index (χ1n) is 7.96. The number of benzene rings is 2. The van der Waals surface area contributed by atoms with Crippen LogP contribution in [0.15, 0.2) is 59.5 Å². The SMILES string of the molecule is CCN1C(=O)C(SCc2ccccc2)=C(c2ccc(C)cc2)C1=O. The van der Waals surface area contributed by atoms with Gasteiger partial charge in [0.05, 0.1) is 10.5 Å². The highest BCUT2D eigenvalue weighted by atomic mass is 32.2. The predicted molar refractivity (Wildman–Crippen MR) is 98.2 cm³/mol. The Labute approximate surface area is 146 Å². The van der Waals surface area contributed by atoms with Crippen LogP contribution < -0.4 is 0 Å². The Morgan fingerprint density at radius 3 is 2.21 bits per heavy atom. The highest BCUT2D eigenvalue weighted by Crippen LogP contribution is 2.37. The van der Waals surface area contributed by atoms with Crippen molar-refractivity contribution in [3.63, 3.8) is 0 Å². The molecule has 2 amide bonds. The van der Waals surface area contributed by atoms with Crippen molar-refractivity contribution in [3.05, 3.63) is 76.2 Å². The maximum Gasteiger partial charge on any atom is 0.267 e. The van der Waals surface area contributed by atoms with Crippen LogP contribution in [0.4, 0.5) is 0 Å². The third kappa shape index (κ3) is 3.15. The predicted octanol–water partition coefficient (Wildman–Crippen LogP) is 4.03. The van der Waals surface area contributed by atoms with E-state index in [9.17, 15) is 9.59 Å². The Morgan fingerprint density at radius 2 is 1.58 bits per heavy atom. The fourth-order valence-electron chi connectivity index (χ4n) is 2.68. The monoisotopic (exact) mass is 337 g/mol. The molecule has 0 fully saturated rings. The molecule has 1 heterocycles. The summed E-state index contributed by atoms with van der Waals surface area (Å²) in [4.78, 5) is 27.2. The summed E-state index contributed by atoms with van der Waals surface area (Å²) in [5.74, 6) is 0.295. The quantitative estimate of drug-likeness (QED) is 0.773. The second kappa shape index (κ2) is 7.05. The molecule has 0 atom stereocenters. The minimum atomic E-state index is -0.193. The van der Waals surface area contributed by atoms with E-state index in [0.717, 1.165) is 16.7 Å². The molecule has 3 rings (SSSR count). The van der Waals surface area contributed by atoms with Gasteiger partial charge in [-0.05, 0) is 25.0 Å². The van der Waals surface area contributed by atoms with E-state index in [1.165, 1.54) is 16.7 Å². The number of amides is 2. The van der Waals surface area contributed by atoms with Gasteiger partial charge in [-0.15, -0.1) is 11.8 Å². The largest absolute Gasteiger partial charge is 0.274 e. The average Bonchev–Trinajstić information content (AvgIpc) is 2.84. The minimum absolute atomic E-state index is 0.181. The van der Waals surface area contributed by atoms with Crippen molar-refractivity contribution in [2.45, 2.75) is 19.6 Å². The van der Waals surface area contributed by atoms with Crippen LogP contribution in [0, 0.1) is 6.92 Å². The maximum absolute atomic E-state index is 12.7. The Balaban J connectivity index is 1.96. The van der Waals surface area contributed by atoms with Gasteiger partial charge in [0.1, 0.15) is 0 Å². The van der Waals surface area contributed by atoms with Gasteiger partial charge in [0.15, 0.2) is 0 Å². The molecule has 122 valence electrons. The summed E-state index contributed by atoms with van der Waals surface area (Å²) in [6.45, 7) is 4.22. The second-order valence-electron chi connectivity index (χ2n) is 5.70. The summed E-state index contributed by atoms with van der Waals surface area (Å²) in [6, 6.07) is 17.7. The van der Waals surface area contributed by atoms with Crippen LogP contribution in [-0.2, 0) is 15.3 Å². The van der Waals surface area contributed by atoms with E-state index in [4.69, 9.17) is 0 Å². The van der Waals surface area contributed by atoms with Gasteiger partial charge in [-0.25, -0.2) is 0 Å². The number of likely N-dealkylation sites (N-methyl/N-ethyl adjacent to an activating group) is 1. The van der Waals surface area contributed by atoms with E-state index in [2.05, 4.69) is 0 Å². The number of imide groups is 1. The van der Waals surface area contributed by atoms with Crippen LogP contribution in [0.1, 0.15) is 23.6 Å². The van der Waals surface area contributed by atoms with Gasteiger partial charge in [-0.1, -0.05) is 60.2 Å². The van der Waals surface area contributed by atoms with Gasteiger partial charge in [-0.3, -0.25) is 14.5 Å². The van der Waals surface area contributed by atoms with Crippen molar-refractivity contribution in [1.29, 1.82) is 0 Å². The first-order chi connectivity index (χ1) is 11.6. The van der Waals surface area contributed by atoms with Gasteiger partial charge in [-0.2, -0.15) is 0 Å². The summed E-state index contributed by atoms with van der Waals surface area (Å²) < 4.78 is 0. The molecule has 4 heteroatoms. The van der Waals surface area contributed by atoms with E-state index in [0.29, 0.717) is 22.8 Å². The Hall–Kier alpha value is -2.33. The third-order valence-corrected chi connectivity index (χ3v) is 5.15. The van der Waals surface area contributed by atoms with Crippen molar-refractivity contribution in [2.75, 3.05) is 6.54 Å². The number of thioether (sulfide) groups is 1. The number of carbonyl (C=O) groups excluding carboxylic acids is 2. The molecular formula is C20H19NO2S. The van der Waals surface area contributed by atoms with Gasteiger partial charge >= 0.3 is 0 Å². The van der Waals surface area contributed by atoms with Crippen LogP contribution in [0.25, 0.3) is 5.57 Å². The standard InChI is InChI=1S/C20H19NO2S/c1-3-21-19(22)17(16-11-9-14(2)10-12-16)18(20(21)23)24-13-15-7-5-4-6-8-15/h4-12H,3,13H2,1-2H3. The summed E-state index contributed by atoms with van der Waals surface area (Å²) in [5, 5.41) is 0. The molecule has 0 bridgehead atoms. The first-order valence-corrected chi connectivity index (χ1v) is 8.94. The zero-order valence-electron chi connectivity index (χ0n) is 13.8. The number of nitrogens with zero attached hydrogens (tertiary/aromatic N) is 1. The molecule has 0 radical (unpaired) electrons. The highest BCUT2D eigenvalue weighted by Gasteiger charge is 2.38. The van der Waals surface area contributed by atoms with Gasteiger partial charge in [0, 0.05) is 12.3 Å². The molecule has 0 N–H and O–H groups in total. The fourth-order valence-corrected chi connectivity index (χ4v) is 3.77. The molecule has 0 spiro atoms. The Morgan fingerprint density at radius 1 is 0.917 bits per heavy atom. The number of rotatable bonds is 5. The lowest BCUT2D eigenvalue weighted by Gasteiger charge is -2.11. The maximum atomic E-state index is 12.7. The number of hydrogen-bond acceptors (Lipinski definition) is 3. The average molecular weight is 337 g/mol. The summed E-state index contributed by atoms with van der Waals surface area (Å²) in [5.41, 5.74) is 3.60. The van der Waals surface area contributed by atoms with Crippen LogP contribution in [0.5, 0.6) is 0 Å². The van der Waals surface area contributed by atoms with E-state index < -0.39 is 0 Å². The second-order valence-corrected chi connectivity index (χ2v) is 6.68. The fraction of sp³-hybridized carbons (Fsp3) is 0.200. The smallest absolute Gasteiger partial charge is 0.267 e. The van der Waals surface area contributed by atoms with Gasteiger partial charge in [0.25, 0.3) is 11.8 Å². The lowest BCUT2D eigenvalue weighted by atomic mass is 10.0. The van der Waals surface area contributed by atoms with Crippen molar-refractivity contribution in [3.8, 4) is 0 Å². The third-order valence-electron chi connectivity index (χ3n) is 4.01. The molecule has 24 heavy (non-hydrogen) atoms. The molecule has 2 aromatic rings. The number of aryl methyl sites for hydroxylation is 1. The van der Waals surface area contributed by atoms with Gasteiger partial charge < -0.3 is 0 Å². The summed E-state index contributed by atoms with van der Waals surface area (Å²) in [6.07, 6.45) is 0. The van der Waals surface area contributed by atoms with E-state index in [1.54, 1.807) is 0 Å². The van der Waals surface area contributed by atoms with Crippen molar-refractivity contribution < 1.29 is 9.59 Å². The molecule has 1 aliphatic rings. The summed E-state index contributed by atoms with van der Waals surface area (Å²) >= 11 is 1.44. The normalized spacial score (nSPS) is 14.7. The molecule has 1 aliphatic heterocycles.